The van der Waals surface area contributed by atoms with Crippen molar-refractivity contribution in [3.05, 3.63) is 23.8 Å². The summed E-state index contributed by atoms with van der Waals surface area (Å²) in [5.74, 6) is 0. The first-order valence-electron chi connectivity index (χ1n) is 5.33. The largest absolute Gasteiger partial charge is 0.399 e. The Kier molecular flexibility index (Phi) is 2.36. The van der Waals surface area contributed by atoms with Crippen LogP contribution in [0.5, 0.6) is 0 Å². The molecule has 0 radical (unpaired) electrons. The minimum Gasteiger partial charge on any atom is -0.399 e. The summed E-state index contributed by atoms with van der Waals surface area (Å²) >= 11 is 0. The summed E-state index contributed by atoms with van der Waals surface area (Å²) in [5.41, 5.74) is 9.45. The van der Waals surface area contributed by atoms with Crippen LogP contribution in [0.1, 0.15) is 25.8 Å². The van der Waals surface area contributed by atoms with Gasteiger partial charge in [0.05, 0.1) is 0 Å². The van der Waals surface area contributed by atoms with Gasteiger partial charge in [-0.15, -0.1) is 0 Å². The average Bonchev–Trinajstić information content (AvgIpc) is 2.16. The van der Waals surface area contributed by atoms with Crippen LogP contribution in [0.4, 0.5) is 11.4 Å². The zero-order chi connectivity index (χ0) is 10.1. The molecular formula is C12H18N2. The second kappa shape index (κ2) is 3.52. The monoisotopic (exact) mass is 190 g/mol. The van der Waals surface area contributed by atoms with Crippen molar-refractivity contribution in [1.82, 2.24) is 0 Å². The maximum Gasteiger partial charge on any atom is 0.0402 e. The van der Waals surface area contributed by atoms with Gasteiger partial charge in [-0.2, -0.15) is 0 Å². The van der Waals surface area contributed by atoms with Gasteiger partial charge in [0.15, 0.2) is 0 Å². The van der Waals surface area contributed by atoms with E-state index in [-0.39, 0.29) is 0 Å². The Morgan fingerprint density at radius 3 is 2.86 bits per heavy atom. The molecule has 2 heteroatoms. The maximum absolute atomic E-state index is 5.78. The highest BCUT2D eigenvalue weighted by Gasteiger charge is 2.18. The lowest BCUT2D eigenvalue weighted by atomic mass is 10.00. The number of rotatable bonds is 1. The Morgan fingerprint density at radius 1 is 1.36 bits per heavy atom. The second-order valence-electron chi connectivity index (χ2n) is 4.28. The topological polar surface area (TPSA) is 29.3 Å². The van der Waals surface area contributed by atoms with Crippen molar-refractivity contribution in [2.75, 3.05) is 17.2 Å². The molecule has 2 N–H and O–H groups in total. The fraction of sp³-hybridized carbons (Fsp3) is 0.500. The van der Waals surface area contributed by atoms with E-state index in [1.54, 1.807) is 0 Å². The van der Waals surface area contributed by atoms with Gasteiger partial charge in [0, 0.05) is 24.0 Å². The van der Waals surface area contributed by atoms with E-state index in [1.165, 1.54) is 30.6 Å². The summed E-state index contributed by atoms with van der Waals surface area (Å²) in [6.07, 6.45) is 2.41. The van der Waals surface area contributed by atoms with E-state index in [0.29, 0.717) is 6.04 Å². The van der Waals surface area contributed by atoms with Gasteiger partial charge in [-0.3, -0.25) is 0 Å². The van der Waals surface area contributed by atoms with E-state index in [4.69, 9.17) is 5.73 Å². The third-order valence-electron chi connectivity index (χ3n) is 2.88. The zero-order valence-electron chi connectivity index (χ0n) is 8.96. The van der Waals surface area contributed by atoms with E-state index in [1.807, 2.05) is 6.07 Å². The van der Waals surface area contributed by atoms with Crippen molar-refractivity contribution in [2.45, 2.75) is 32.7 Å². The van der Waals surface area contributed by atoms with Crippen molar-refractivity contribution in [3.8, 4) is 0 Å². The first-order chi connectivity index (χ1) is 6.68. The molecule has 1 aliphatic heterocycles. The lowest BCUT2D eigenvalue weighted by Crippen LogP contribution is -2.35. The van der Waals surface area contributed by atoms with Gasteiger partial charge < -0.3 is 10.6 Å². The number of benzene rings is 1. The average molecular weight is 190 g/mol. The second-order valence-corrected chi connectivity index (χ2v) is 4.28. The fourth-order valence-corrected chi connectivity index (χ4v) is 2.18. The Balaban J connectivity index is 2.40. The molecule has 1 aromatic carbocycles. The molecule has 1 aromatic rings. The van der Waals surface area contributed by atoms with Crippen molar-refractivity contribution >= 4 is 11.4 Å². The molecule has 1 aliphatic rings. The molecule has 0 amide bonds. The molecular weight excluding hydrogens is 172 g/mol. The quantitative estimate of drug-likeness (QED) is 0.689. The summed E-state index contributed by atoms with van der Waals surface area (Å²) in [6.45, 7) is 5.66. The summed E-state index contributed by atoms with van der Waals surface area (Å²) < 4.78 is 0. The van der Waals surface area contributed by atoms with E-state index in [0.717, 1.165) is 5.69 Å². The van der Waals surface area contributed by atoms with E-state index in [2.05, 4.69) is 30.9 Å². The van der Waals surface area contributed by atoms with Gasteiger partial charge in [0.1, 0.15) is 0 Å². The number of anilines is 2. The van der Waals surface area contributed by atoms with Crippen LogP contribution >= 0.6 is 0 Å². The van der Waals surface area contributed by atoms with Gasteiger partial charge >= 0.3 is 0 Å². The normalized spacial score (nSPS) is 15.8. The summed E-state index contributed by atoms with van der Waals surface area (Å²) in [6, 6.07) is 6.85. The maximum atomic E-state index is 5.78. The molecule has 0 aromatic heterocycles. The molecule has 0 aliphatic carbocycles. The smallest absolute Gasteiger partial charge is 0.0402 e. The molecule has 0 saturated heterocycles. The van der Waals surface area contributed by atoms with E-state index >= 15 is 0 Å². The number of nitrogens with two attached hydrogens (primary N) is 1. The number of fused-ring (bicyclic) bond motifs is 1. The van der Waals surface area contributed by atoms with Crippen LogP contribution in [0.25, 0.3) is 0 Å². The lowest BCUT2D eigenvalue weighted by Gasteiger charge is -2.34. The summed E-state index contributed by atoms with van der Waals surface area (Å²) in [7, 11) is 0. The standard InChI is InChI=1S/C12H18N2/c1-9(2)14-7-3-4-10-8-11(13)5-6-12(10)14/h5-6,8-9H,3-4,7,13H2,1-2H3. The van der Waals surface area contributed by atoms with Crippen molar-refractivity contribution < 1.29 is 0 Å². The molecule has 0 atom stereocenters. The minimum atomic E-state index is 0.581. The fourth-order valence-electron chi connectivity index (χ4n) is 2.18. The predicted octanol–water partition coefficient (Wildman–Crippen LogP) is 2.43. The van der Waals surface area contributed by atoms with Crippen LogP contribution in [0.3, 0.4) is 0 Å². The molecule has 2 rings (SSSR count). The molecule has 76 valence electrons. The molecule has 0 bridgehead atoms. The van der Waals surface area contributed by atoms with Crippen LogP contribution in [0.2, 0.25) is 0 Å². The number of nitrogens with zero attached hydrogens (tertiary/aromatic N) is 1. The van der Waals surface area contributed by atoms with Gasteiger partial charge in [0.2, 0.25) is 0 Å². The minimum absolute atomic E-state index is 0.581. The van der Waals surface area contributed by atoms with Gasteiger partial charge in [-0.1, -0.05) is 0 Å². The molecule has 1 heterocycles. The first kappa shape index (κ1) is 9.38. The highest BCUT2D eigenvalue weighted by Crippen LogP contribution is 2.29. The highest BCUT2D eigenvalue weighted by atomic mass is 15.2. The third-order valence-corrected chi connectivity index (χ3v) is 2.88. The Hall–Kier alpha value is -1.18. The number of nitrogen functional groups attached to an aromatic ring is 1. The number of hydrogen-bond donors (Lipinski definition) is 1. The number of hydrogen-bond acceptors (Lipinski definition) is 2. The van der Waals surface area contributed by atoms with E-state index < -0.39 is 0 Å². The van der Waals surface area contributed by atoms with Crippen LogP contribution in [-0.2, 0) is 6.42 Å². The van der Waals surface area contributed by atoms with Crippen LogP contribution < -0.4 is 10.6 Å². The Labute approximate surface area is 85.7 Å². The van der Waals surface area contributed by atoms with Gasteiger partial charge in [-0.25, -0.2) is 0 Å². The number of aryl methyl sites for hydroxylation is 1. The van der Waals surface area contributed by atoms with Crippen LogP contribution in [0, 0.1) is 0 Å². The van der Waals surface area contributed by atoms with Gasteiger partial charge in [-0.05, 0) is 50.5 Å². The SMILES string of the molecule is CC(C)N1CCCc2cc(N)ccc21. The third kappa shape index (κ3) is 1.57. The molecule has 0 fully saturated rings. The van der Waals surface area contributed by atoms with Gasteiger partial charge in [0.25, 0.3) is 0 Å². The van der Waals surface area contributed by atoms with Crippen molar-refractivity contribution in [2.24, 2.45) is 0 Å². The Morgan fingerprint density at radius 2 is 2.14 bits per heavy atom. The highest BCUT2D eigenvalue weighted by molar-refractivity contribution is 5.61. The van der Waals surface area contributed by atoms with Crippen molar-refractivity contribution in [1.29, 1.82) is 0 Å². The van der Waals surface area contributed by atoms with Crippen molar-refractivity contribution in [3.63, 3.8) is 0 Å². The predicted molar refractivity (Wildman–Crippen MR) is 61.7 cm³/mol. The first-order valence-corrected chi connectivity index (χ1v) is 5.33. The molecule has 14 heavy (non-hydrogen) atoms. The summed E-state index contributed by atoms with van der Waals surface area (Å²) in [5, 5.41) is 0. The van der Waals surface area contributed by atoms with E-state index in [9.17, 15) is 0 Å². The van der Waals surface area contributed by atoms with Crippen LogP contribution in [0.15, 0.2) is 18.2 Å². The molecule has 0 saturated carbocycles. The zero-order valence-corrected chi connectivity index (χ0v) is 8.96. The molecule has 0 spiro atoms. The lowest BCUT2D eigenvalue weighted by molar-refractivity contribution is 0.626. The van der Waals surface area contributed by atoms with Crippen LogP contribution in [-0.4, -0.2) is 12.6 Å². The molecule has 0 unspecified atom stereocenters. The molecule has 2 nitrogen and oxygen atoms in total. The Bertz CT molecular complexity index is 331. The summed E-state index contributed by atoms with van der Waals surface area (Å²) in [4.78, 5) is 2.46.